The molecule has 0 aromatic rings. The number of fused-ring (bicyclic) bond motifs is 5. The van der Waals surface area contributed by atoms with E-state index in [-0.39, 0.29) is 22.7 Å². The van der Waals surface area contributed by atoms with Gasteiger partial charge in [-0.05, 0) is 93.8 Å². The molecule has 0 amide bonds. The molecule has 0 aliphatic heterocycles. The van der Waals surface area contributed by atoms with E-state index in [4.69, 9.17) is 0 Å². The van der Waals surface area contributed by atoms with Crippen LogP contribution in [-0.4, -0.2) is 55.5 Å². The van der Waals surface area contributed by atoms with Crippen molar-refractivity contribution >= 4 is 0 Å². The maximum Gasteiger partial charge on any atom is 0.0658 e. The highest BCUT2D eigenvalue weighted by Gasteiger charge is 2.63. The van der Waals surface area contributed by atoms with Crippen molar-refractivity contribution in [2.75, 3.05) is 0 Å². The monoisotopic (exact) mass is 450 g/mol. The zero-order valence-corrected chi connectivity index (χ0v) is 20.7. The largest absolute Gasteiger partial charge is 0.393 e. The van der Waals surface area contributed by atoms with Crippen molar-refractivity contribution in [3.05, 3.63) is 11.6 Å². The van der Waals surface area contributed by atoms with Gasteiger partial charge in [0.05, 0.1) is 30.0 Å². The van der Waals surface area contributed by atoms with Crippen molar-refractivity contribution in [3.8, 4) is 0 Å². The second-order valence-corrected chi connectivity index (χ2v) is 12.9. The van der Waals surface area contributed by atoms with Crippen LogP contribution < -0.4 is 0 Å². The Morgan fingerprint density at radius 1 is 1.12 bits per heavy atom. The van der Waals surface area contributed by atoms with E-state index in [0.717, 1.165) is 25.7 Å². The third-order valence-electron chi connectivity index (χ3n) is 10.5. The summed E-state index contributed by atoms with van der Waals surface area (Å²) in [5.41, 5.74) is 0.134. The van der Waals surface area contributed by atoms with Crippen molar-refractivity contribution < 1.29 is 25.5 Å². The predicted molar refractivity (Wildman–Crippen MR) is 125 cm³/mol. The van der Waals surface area contributed by atoms with Crippen LogP contribution in [0.2, 0.25) is 0 Å². The highest BCUT2D eigenvalue weighted by Crippen LogP contribution is 2.67. The molecule has 0 aromatic heterocycles. The number of hydrogen-bond donors (Lipinski definition) is 5. The molecule has 0 bridgehead atoms. The third-order valence-corrected chi connectivity index (χ3v) is 10.5. The van der Waals surface area contributed by atoms with Gasteiger partial charge in [-0.25, -0.2) is 0 Å². The fourth-order valence-electron chi connectivity index (χ4n) is 8.71. The summed E-state index contributed by atoms with van der Waals surface area (Å²) in [5, 5.41) is 53.6. The average Bonchev–Trinajstić information content (AvgIpc) is 2.96. The molecule has 3 fully saturated rings. The van der Waals surface area contributed by atoms with Crippen LogP contribution in [-0.2, 0) is 0 Å². The smallest absolute Gasteiger partial charge is 0.0658 e. The van der Waals surface area contributed by atoms with E-state index in [1.165, 1.54) is 5.57 Å². The lowest BCUT2D eigenvalue weighted by molar-refractivity contribution is -0.114. The molecule has 4 aliphatic carbocycles. The number of rotatable bonds is 5. The fraction of sp³-hybridized carbons (Fsp3) is 0.926. The molecule has 4 aliphatic rings. The van der Waals surface area contributed by atoms with Crippen LogP contribution in [0.1, 0.15) is 86.0 Å². The summed E-state index contributed by atoms with van der Waals surface area (Å²) in [7, 11) is 0. The van der Waals surface area contributed by atoms with Gasteiger partial charge in [-0.2, -0.15) is 0 Å². The Balaban J connectivity index is 1.57. The summed E-state index contributed by atoms with van der Waals surface area (Å²) >= 11 is 0. The Hall–Kier alpha value is -0.460. The van der Waals surface area contributed by atoms with E-state index >= 15 is 0 Å². The minimum atomic E-state index is -0.796. The van der Waals surface area contributed by atoms with Crippen LogP contribution in [0, 0.1) is 40.4 Å². The van der Waals surface area contributed by atoms with Crippen LogP contribution in [0.15, 0.2) is 11.6 Å². The molecule has 0 unspecified atom stereocenters. The summed E-state index contributed by atoms with van der Waals surface area (Å²) in [4.78, 5) is 0. The Labute approximate surface area is 193 Å². The lowest BCUT2D eigenvalue weighted by Crippen LogP contribution is -2.56. The molecule has 0 spiro atoms. The van der Waals surface area contributed by atoms with Crippen molar-refractivity contribution in [1.82, 2.24) is 0 Å². The van der Waals surface area contributed by atoms with Gasteiger partial charge < -0.3 is 25.5 Å². The lowest BCUT2D eigenvalue weighted by atomic mass is 9.46. The summed E-state index contributed by atoms with van der Waals surface area (Å²) in [6.07, 6.45) is 6.34. The van der Waals surface area contributed by atoms with Crippen LogP contribution >= 0.6 is 0 Å². The first kappa shape index (κ1) is 24.7. The SMILES string of the molecule is C[C@@H]([C@H]1[C@@H](O)C[C@H]2[C@@H]3CC=C4C[C@@H](O)C[C@@H](O)[C@]4(C)[C@H]3CC[C@]12C)[C@@H](O)CCC(C)(C)O. The summed E-state index contributed by atoms with van der Waals surface area (Å²) in [6.45, 7) is 10.2. The minimum absolute atomic E-state index is 0.0281. The van der Waals surface area contributed by atoms with Crippen LogP contribution in [0.5, 0.6) is 0 Å². The second kappa shape index (κ2) is 8.34. The van der Waals surface area contributed by atoms with Crippen molar-refractivity contribution in [1.29, 1.82) is 0 Å². The molecular formula is C27H46O5. The van der Waals surface area contributed by atoms with Crippen LogP contribution in [0.25, 0.3) is 0 Å². The molecule has 0 heterocycles. The number of aliphatic hydroxyl groups excluding tert-OH is 4. The van der Waals surface area contributed by atoms with Gasteiger partial charge in [-0.1, -0.05) is 32.4 Å². The zero-order chi connectivity index (χ0) is 23.6. The molecule has 0 radical (unpaired) electrons. The van der Waals surface area contributed by atoms with E-state index in [9.17, 15) is 25.5 Å². The second-order valence-electron chi connectivity index (χ2n) is 12.9. The lowest BCUT2D eigenvalue weighted by Gasteiger charge is -2.59. The van der Waals surface area contributed by atoms with Gasteiger partial charge in [-0.3, -0.25) is 0 Å². The topological polar surface area (TPSA) is 101 Å². The van der Waals surface area contributed by atoms with Gasteiger partial charge in [-0.15, -0.1) is 0 Å². The van der Waals surface area contributed by atoms with Gasteiger partial charge in [0.15, 0.2) is 0 Å². The minimum Gasteiger partial charge on any atom is -0.393 e. The highest BCUT2D eigenvalue weighted by atomic mass is 16.3. The first-order chi connectivity index (χ1) is 14.8. The first-order valence-electron chi connectivity index (χ1n) is 12.9. The quantitative estimate of drug-likeness (QED) is 0.413. The third kappa shape index (κ3) is 3.90. The van der Waals surface area contributed by atoms with E-state index in [2.05, 4.69) is 26.8 Å². The Bertz CT molecular complexity index is 728. The first-order valence-corrected chi connectivity index (χ1v) is 12.9. The Morgan fingerprint density at radius 2 is 1.81 bits per heavy atom. The Kier molecular flexibility index (Phi) is 6.42. The van der Waals surface area contributed by atoms with Gasteiger partial charge in [0, 0.05) is 11.8 Å². The predicted octanol–water partition coefficient (Wildman–Crippen LogP) is 3.42. The highest BCUT2D eigenvalue weighted by molar-refractivity contribution is 5.28. The summed E-state index contributed by atoms with van der Waals surface area (Å²) in [5.74, 6) is 1.19. The molecule has 5 nitrogen and oxygen atoms in total. The molecule has 0 saturated heterocycles. The molecule has 32 heavy (non-hydrogen) atoms. The van der Waals surface area contributed by atoms with Crippen LogP contribution in [0.4, 0.5) is 0 Å². The van der Waals surface area contributed by atoms with Crippen LogP contribution in [0.3, 0.4) is 0 Å². The maximum absolute atomic E-state index is 11.2. The van der Waals surface area contributed by atoms with Gasteiger partial charge in [0.1, 0.15) is 0 Å². The van der Waals surface area contributed by atoms with E-state index in [1.54, 1.807) is 13.8 Å². The molecule has 5 N–H and O–H groups in total. The number of aliphatic hydroxyl groups is 5. The van der Waals surface area contributed by atoms with Gasteiger partial charge in [0.2, 0.25) is 0 Å². The molecule has 11 atom stereocenters. The number of allylic oxidation sites excluding steroid dienone is 1. The standard InChI is InChI=1S/C27H46O5/c1-15(21(29)9-10-25(2,3)32)24-22(30)14-20-18-7-6-16-12-17(28)13-23(31)27(16,5)19(18)8-11-26(20,24)4/h6,15,17-24,28-32H,7-14H2,1-5H3/t15-,17-,18-,19+,20+,21+,22+,23-,24+,26+,27+/m1/s1. The average molecular weight is 451 g/mol. The number of hydrogen-bond acceptors (Lipinski definition) is 5. The summed E-state index contributed by atoms with van der Waals surface area (Å²) in [6, 6.07) is 0. The van der Waals surface area contributed by atoms with Gasteiger partial charge >= 0.3 is 0 Å². The normalized spacial score (nSPS) is 48.3. The maximum atomic E-state index is 11.2. The molecular weight excluding hydrogens is 404 g/mol. The van der Waals surface area contributed by atoms with Crippen molar-refractivity contribution in [2.24, 2.45) is 40.4 Å². The van der Waals surface area contributed by atoms with Crippen molar-refractivity contribution in [3.63, 3.8) is 0 Å². The van der Waals surface area contributed by atoms with Gasteiger partial charge in [0.25, 0.3) is 0 Å². The van der Waals surface area contributed by atoms with E-state index < -0.39 is 30.0 Å². The molecule has 0 aromatic carbocycles. The van der Waals surface area contributed by atoms with E-state index in [0.29, 0.717) is 43.4 Å². The molecule has 184 valence electrons. The molecule has 5 heteroatoms. The zero-order valence-electron chi connectivity index (χ0n) is 20.7. The van der Waals surface area contributed by atoms with E-state index in [1.807, 2.05) is 0 Å². The molecule has 3 saturated carbocycles. The Morgan fingerprint density at radius 3 is 2.47 bits per heavy atom. The summed E-state index contributed by atoms with van der Waals surface area (Å²) < 4.78 is 0. The fourth-order valence-corrected chi connectivity index (χ4v) is 8.71. The van der Waals surface area contributed by atoms with Crippen molar-refractivity contribution in [2.45, 2.75) is 116 Å². The molecule has 4 rings (SSSR count).